The Labute approximate surface area is 64.6 Å². The van der Waals surface area contributed by atoms with Gasteiger partial charge in [0.2, 0.25) is 0 Å². The Morgan fingerprint density at radius 3 is 2.91 bits per heavy atom. The van der Waals surface area contributed by atoms with Crippen LogP contribution in [0.4, 0.5) is 5.69 Å². The van der Waals surface area contributed by atoms with Gasteiger partial charge in [-0.15, -0.1) is 0 Å². The van der Waals surface area contributed by atoms with Gasteiger partial charge in [-0.2, -0.15) is 0 Å². The molecule has 0 saturated carbocycles. The van der Waals surface area contributed by atoms with E-state index in [1.54, 1.807) is 0 Å². The minimum Gasteiger partial charge on any atom is -0.359 e. The first-order valence-electron chi connectivity index (χ1n) is 3.44. The van der Waals surface area contributed by atoms with Crippen LogP contribution in [0.1, 0.15) is 0 Å². The fraction of sp³-hybridized carbons (Fsp3) is 0. The molecular weight excluding hydrogens is 136 g/mol. The summed E-state index contributed by atoms with van der Waals surface area (Å²) in [5.74, 6) is 0. The number of rotatable bonds is 1. The van der Waals surface area contributed by atoms with Crippen LogP contribution in [0.3, 0.4) is 0 Å². The molecule has 0 spiro atoms. The van der Waals surface area contributed by atoms with Crippen LogP contribution in [-0.2, 0) is 0 Å². The number of hydrogen-bond donors (Lipinski definition) is 1. The van der Waals surface area contributed by atoms with Gasteiger partial charge >= 0.3 is 0 Å². The van der Waals surface area contributed by atoms with E-state index < -0.39 is 0 Å². The molecule has 0 atom stereocenters. The molecule has 0 unspecified atom stereocenters. The van der Waals surface area contributed by atoms with Crippen LogP contribution in [0, 0.1) is 0 Å². The number of H-pyrrole nitrogens is 1. The lowest BCUT2D eigenvalue weighted by Gasteiger charge is -1.87. The van der Waals surface area contributed by atoms with Gasteiger partial charge in [0.05, 0.1) is 5.69 Å². The highest BCUT2D eigenvalue weighted by Gasteiger charge is 1.97. The molecule has 0 saturated heterocycles. The topological polar surface area (TPSA) is 28.1 Å². The minimum absolute atomic E-state index is 0.917. The van der Waals surface area contributed by atoms with E-state index in [-0.39, 0.29) is 0 Å². The van der Waals surface area contributed by atoms with Crippen LogP contribution < -0.4 is 0 Å². The molecule has 2 rings (SSSR count). The number of aliphatic imine (C=N–C) groups is 1. The van der Waals surface area contributed by atoms with Crippen molar-refractivity contribution in [3.63, 3.8) is 0 Å². The van der Waals surface area contributed by atoms with Gasteiger partial charge in [0, 0.05) is 17.1 Å². The molecule has 1 N–H and O–H groups in total. The zero-order valence-corrected chi connectivity index (χ0v) is 6.04. The van der Waals surface area contributed by atoms with Crippen molar-refractivity contribution in [3.8, 4) is 0 Å². The van der Waals surface area contributed by atoms with Crippen molar-refractivity contribution in [3.05, 3.63) is 30.5 Å². The number of benzene rings is 1. The first kappa shape index (κ1) is 6.16. The predicted octanol–water partition coefficient (Wildman–Crippen LogP) is 2.50. The summed E-state index contributed by atoms with van der Waals surface area (Å²) in [6.45, 7) is 3.48. The first-order valence-corrected chi connectivity index (χ1v) is 3.44. The van der Waals surface area contributed by atoms with Crippen molar-refractivity contribution < 1.29 is 0 Å². The largest absolute Gasteiger partial charge is 0.359 e. The lowest BCUT2D eigenvalue weighted by molar-refractivity contribution is 1.46. The first-order chi connectivity index (χ1) is 5.42. The van der Waals surface area contributed by atoms with Gasteiger partial charge in [-0.25, -0.2) is 0 Å². The highest BCUT2D eigenvalue weighted by Crippen LogP contribution is 2.24. The van der Waals surface area contributed by atoms with Gasteiger partial charge < -0.3 is 4.98 Å². The highest BCUT2D eigenvalue weighted by molar-refractivity contribution is 5.91. The maximum absolute atomic E-state index is 3.88. The third-order valence-corrected chi connectivity index (χ3v) is 1.74. The summed E-state index contributed by atoms with van der Waals surface area (Å²) in [4.78, 5) is 6.98. The number of aromatic nitrogens is 1. The molecule has 0 aliphatic rings. The number of para-hydroxylation sites is 1. The molecule has 2 nitrogen and oxygen atoms in total. The Balaban J connectivity index is 2.86. The maximum atomic E-state index is 3.88. The number of nitrogens with zero attached hydrogens (tertiary/aromatic N) is 1. The summed E-state index contributed by atoms with van der Waals surface area (Å²) in [5, 5.41) is 1.13. The summed E-state index contributed by atoms with van der Waals surface area (Å²) in [7, 11) is 0. The molecule has 0 aliphatic carbocycles. The lowest BCUT2D eigenvalue weighted by atomic mass is 10.2. The van der Waals surface area contributed by atoms with Crippen molar-refractivity contribution in [1.29, 1.82) is 0 Å². The second-order valence-corrected chi connectivity index (χ2v) is 2.38. The standard InChI is InChI=1S/C9H8N2/c1-10-9-6-11-8-5-3-2-4-7(8)9/h2-6,11H,1H2. The number of aromatic amines is 1. The molecule has 1 aromatic heterocycles. The van der Waals surface area contributed by atoms with Crippen molar-refractivity contribution in [2.75, 3.05) is 0 Å². The van der Waals surface area contributed by atoms with Crippen LogP contribution in [0.5, 0.6) is 0 Å². The van der Waals surface area contributed by atoms with E-state index in [0.717, 1.165) is 16.6 Å². The van der Waals surface area contributed by atoms with E-state index in [1.165, 1.54) is 0 Å². The second-order valence-electron chi connectivity index (χ2n) is 2.38. The predicted molar refractivity (Wildman–Crippen MR) is 47.5 cm³/mol. The average Bonchev–Trinajstić information content (AvgIpc) is 2.47. The Kier molecular flexibility index (Phi) is 1.25. The van der Waals surface area contributed by atoms with Crippen LogP contribution in [0.25, 0.3) is 10.9 Å². The molecular formula is C9H8N2. The van der Waals surface area contributed by atoms with Gasteiger partial charge in [0.15, 0.2) is 0 Å². The summed E-state index contributed by atoms with van der Waals surface area (Å²) in [6, 6.07) is 8.02. The van der Waals surface area contributed by atoms with E-state index in [2.05, 4.69) is 16.7 Å². The van der Waals surface area contributed by atoms with E-state index in [1.807, 2.05) is 30.5 Å². The van der Waals surface area contributed by atoms with Crippen LogP contribution in [-0.4, -0.2) is 11.7 Å². The normalized spacial score (nSPS) is 10.2. The molecule has 2 aromatic rings. The van der Waals surface area contributed by atoms with Crippen LogP contribution >= 0.6 is 0 Å². The smallest absolute Gasteiger partial charge is 0.0875 e. The summed E-state index contributed by atoms with van der Waals surface area (Å²) in [6.07, 6.45) is 1.86. The van der Waals surface area contributed by atoms with E-state index >= 15 is 0 Å². The fourth-order valence-electron chi connectivity index (χ4n) is 1.19. The van der Waals surface area contributed by atoms with Gasteiger partial charge in [-0.05, 0) is 12.8 Å². The van der Waals surface area contributed by atoms with Crippen LogP contribution in [0.15, 0.2) is 35.5 Å². The summed E-state index contributed by atoms with van der Waals surface area (Å²) < 4.78 is 0. The Morgan fingerprint density at radius 2 is 2.09 bits per heavy atom. The average molecular weight is 144 g/mol. The Bertz CT molecular complexity index is 387. The molecule has 0 bridgehead atoms. The second kappa shape index (κ2) is 2.23. The Morgan fingerprint density at radius 1 is 1.27 bits per heavy atom. The third-order valence-electron chi connectivity index (χ3n) is 1.74. The minimum atomic E-state index is 0.917. The summed E-state index contributed by atoms with van der Waals surface area (Å²) >= 11 is 0. The Hall–Kier alpha value is -1.57. The molecule has 54 valence electrons. The van der Waals surface area contributed by atoms with E-state index in [0.29, 0.717) is 0 Å². The zero-order chi connectivity index (χ0) is 7.68. The fourth-order valence-corrected chi connectivity index (χ4v) is 1.19. The molecule has 0 amide bonds. The number of nitrogens with one attached hydrogen (secondary N) is 1. The lowest BCUT2D eigenvalue weighted by Crippen LogP contribution is -1.63. The van der Waals surface area contributed by atoms with Gasteiger partial charge in [-0.1, -0.05) is 18.2 Å². The SMILES string of the molecule is C=Nc1c[nH]c2ccccc12. The van der Waals surface area contributed by atoms with Gasteiger partial charge in [0.1, 0.15) is 0 Å². The molecule has 1 aromatic carbocycles. The monoisotopic (exact) mass is 144 g/mol. The van der Waals surface area contributed by atoms with E-state index in [4.69, 9.17) is 0 Å². The van der Waals surface area contributed by atoms with Crippen molar-refractivity contribution in [1.82, 2.24) is 4.98 Å². The highest BCUT2D eigenvalue weighted by atomic mass is 14.8. The third kappa shape index (κ3) is 0.835. The van der Waals surface area contributed by atoms with Crippen LogP contribution in [0.2, 0.25) is 0 Å². The quantitative estimate of drug-likeness (QED) is 0.596. The zero-order valence-electron chi connectivity index (χ0n) is 6.04. The van der Waals surface area contributed by atoms with Gasteiger partial charge in [-0.3, -0.25) is 4.99 Å². The molecule has 1 heterocycles. The summed E-state index contributed by atoms with van der Waals surface area (Å²) in [5.41, 5.74) is 2.02. The maximum Gasteiger partial charge on any atom is 0.0875 e. The van der Waals surface area contributed by atoms with E-state index in [9.17, 15) is 0 Å². The number of hydrogen-bond acceptors (Lipinski definition) is 1. The molecule has 2 heteroatoms. The molecule has 11 heavy (non-hydrogen) atoms. The molecule has 0 fully saturated rings. The van der Waals surface area contributed by atoms with Crippen molar-refractivity contribution in [2.24, 2.45) is 4.99 Å². The number of fused-ring (bicyclic) bond motifs is 1. The molecule has 0 aliphatic heterocycles. The molecule has 0 radical (unpaired) electrons. The van der Waals surface area contributed by atoms with Crippen molar-refractivity contribution >= 4 is 23.3 Å². The van der Waals surface area contributed by atoms with Crippen molar-refractivity contribution in [2.45, 2.75) is 0 Å². The van der Waals surface area contributed by atoms with Gasteiger partial charge in [0.25, 0.3) is 0 Å².